The molecule has 0 spiro atoms. The molecule has 1 saturated carbocycles. The molecule has 0 N–H and O–H groups in total. The second kappa shape index (κ2) is 4.80. The van der Waals surface area contributed by atoms with Crippen LogP contribution in [0.25, 0.3) is 0 Å². The van der Waals surface area contributed by atoms with Gasteiger partial charge in [0.25, 0.3) is 0 Å². The highest BCUT2D eigenvalue weighted by Gasteiger charge is 2.32. The highest BCUT2D eigenvalue weighted by atomic mass is 16.5. The number of ether oxygens (including phenoxy) is 1. The quantitative estimate of drug-likeness (QED) is 0.803. The van der Waals surface area contributed by atoms with Crippen LogP contribution in [0.5, 0.6) is 0 Å². The smallest absolute Gasteiger partial charge is 0.230 e. The Morgan fingerprint density at radius 2 is 2.22 bits per heavy atom. The van der Waals surface area contributed by atoms with Crippen LogP contribution in [0.1, 0.15) is 56.2 Å². The van der Waals surface area contributed by atoms with Gasteiger partial charge in [-0.3, -0.25) is 4.79 Å². The summed E-state index contributed by atoms with van der Waals surface area (Å²) >= 11 is 0. The van der Waals surface area contributed by atoms with Crippen molar-refractivity contribution in [2.24, 2.45) is 5.92 Å². The van der Waals surface area contributed by atoms with Gasteiger partial charge in [0.2, 0.25) is 5.89 Å². The molecule has 1 aliphatic heterocycles. The van der Waals surface area contributed by atoms with Gasteiger partial charge >= 0.3 is 0 Å². The van der Waals surface area contributed by atoms with Crippen molar-refractivity contribution >= 4 is 5.78 Å². The van der Waals surface area contributed by atoms with Crippen LogP contribution >= 0.6 is 0 Å². The van der Waals surface area contributed by atoms with Gasteiger partial charge in [0.1, 0.15) is 5.78 Å². The molecule has 0 bridgehead atoms. The van der Waals surface area contributed by atoms with E-state index in [2.05, 4.69) is 17.1 Å². The first-order valence-corrected chi connectivity index (χ1v) is 6.67. The molecule has 2 heterocycles. The average molecular weight is 250 g/mol. The van der Waals surface area contributed by atoms with Crippen LogP contribution in [0.4, 0.5) is 0 Å². The van der Waals surface area contributed by atoms with Crippen molar-refractivity contribution in [1.82, 2.24) is 10.1 Å². The van der Waals surface area contributed by atoms with Crippen LogP contribution in [0.2, 0.25) is 0 Å². The van der Waals surface area contributed by atoms with Gasteiger partial charge in [0, 0.05) is 31.3 Å². The average Bonchev–Trinajstić information content (AvgIpc) is 2.99. The Morgan fingerprint density at radius 1 is 1.33 bits per heavy atom. The van der Waals surface area contributed by atoms with Gasteiger partial charge in [-0.25, -0.2) is 0 Å². The zero-order valence-electron chi connectivity index (χ0n) is 10.6. The zero-order chi connectivity index (χ0) is 12.5. The molecule has 0 unspecified atom stereocenters. The van der Waals surface area contributed by atoms with Crippen molar-refractivity contribution in [2.45, 2.75) is 44.4 Å². The van der Waals surface area contributed by atoms with Gasteiger partial charge in [-0.1, -0.05) is 12.1 Å². The lowest BCUT2D eigenvalue weighted by molar-refractivity contribution is -0.121. The Morgan fingerprint density at radius 3 is 2.94 bits per heavy atom. The maximum atomic E-state index is 11.4. The fourth-order valence-electron chi connectivity index (χ4n) is 2.87. The normalized spacial score (nSPS) is 32.9. The summed E-state index contributed by atoms with van der Waals surface area (Å²) in [6.45, 7) is 3.56. The summed E-state index contributed by atoms with van der Waals surface area (Å²) in [5.41, 5.74) is 0. The third-order valence-corrected chi connectivity index (χ3v) is 4.04. The van der Waals surface area contributed by atoms with E-state index in [1.807, 2.05) is 0 Å². The van der Waals surface area contributed by atoms with Gasteiger partial charge in [0.05, 0.1) is 6.61 Å². The number of rotatable bonds is 2. The van der Waals surface area contributed by atoms with Crippen molar-refractivity contribution in [3.63, 3.8) is 0 Å². The van der Waals surface area contributed by atoms with E-state index in [9.17, 15) is 4.79 Å². The Labute approximate surface area is 106 Å². The maximum Gasteiger partial charge on any atom is 0.230 e. The van der Waals surface area contributed by atoms with E-state index in [1.165, 1.54) is 0 Å². The summed E-state index contributed by atoms with van der Waals surface area (Å²) in [6, 6.07) is 0. The summed E-state index contributed by atoms with van der Waals surface area (Å²) in [6.07, 6.45) is 3.08. The number of ketones is 1. The second-order valence-corrected chi connectivity index (χ2v) is 5.42. The van der Waals surface area contributed by atoms with Crippen LogP contribution < -0.4 is 0 Å². The highest BCUT2D eigenvalue weighted by Crippen LogP contribution is 2.36. The summed E-state index contributed by atoms with van der Waals surface area (Å²) in [5, 5.41) is 4.08. The molecule has 98 valence electrons. The predicted molar refractivity (Wildman–Crippen MR) is 63.2 cm³/mol. The maximum absolute atomic E-state index is 11.4. The molecule has 2 aliphatic rings. The van der Waals surface area contributed by atoms with Crippen LogP contribution in [0, 0.1) is 5.92 Å². The van der Waals surface area contributed by atoms with E-state index in [0.29, 0.717) is 37.0 Å². The highest BCUT2D eigenvalue weighted by molar-refractivity contribution is 5.79. The minimum Gasteiger partial charge on any atom is -0.381 e. The van der Waals surface area contributed by atoms with E-state index in [-0.39, 0.29) is 11.8 Å². The number of hydrogen-bond donors (Lipinski definition) is 0. The number of carbonyl (C=O) groups excluding carboxylic acids is 1. The summed E-state index contributed by atoms with van der Waals surface area (Å²) in [4.78, 5) is 15.9. The van der Waals surface area contributed by atoms with Crippen molar-refractivity contribution < 1.29 is 14.1 Å². The number of Topliss-reactive ketones (excluding diaryl/α,β-unsaturated/α-hetero) is 1. The Hall–Kier alpha value is -1.23. The van der Waals surface area contributed by atoms with Crippen molar-refractivity contribution in [3.8, 4) is 0 Å². The molecule has 1 aromatic heterocycles. The minimum absolute atomic E-state index is 0.242. The molecular formula is C13H18N2O3. The van der Waals surface area contributed by atoms with E-state index < -0.39 is 0 Å². The third-order valence-electron chi connectivity index (χ3n) is 4.04. The van der Waals surface area contributed by atoms with Crippen molar-refractivity contribution in [1.29, 1.82) is 0 Å². The molecule has 1 aliphatic carbocycles. The Balaban J connectivity index is 1.74. The fourth-order valence-corrected chi connectivity index (χ4v) is 2.87. The molecule has 3 atom stereocenters. The molecule has 0 aromatic carbocycles. The lowest BCUT2D eigenvalue weighted by atomic mass is 9.80. The summed E-state index contributed by atoms with van der Waals surface area (Å²) in [5.74, 6) is 2.65. The van der Waals surface area contributed by atoms with E-state index in [0.717, 1.165) is 25.3 Å². The lowest BCUT2D eigenvalue weighted by Crippen LogP contribution is -2.21. The molecule has 5 nitrogen and oxygen atoms in total. The van der Waals surface area contributed by atoms with E-state index in [1.54, 1.807) is 0 Å². The molecule has 0 radical (unpaired) electrons. The predicted octanol–water partition coefficient (Wildman–Crippen LogP) is 2.05. The third kappa shape index (κ3) is 2.19. The molecule has 5 heteroatoms. The standard InChI is InChI=1S/C13H18N2O3/c1-8-6-10(16)2-3-11(8)13-14-12(15-18-13)9-4-5-17-7-9/h8-9,11H,2-7H2,1H3/t8-,9-,11+/m1/s1. The number of hydrogen-bond acceptors (Lipinski definition) is 5. The van der Waals surface area contributed by atoms with Gasteiger partial charge in [0.15, 0.2) is 5.82 Å². The molecule has 1 saturated heterocycles. The van der Waals surface area contributed by atoms with E-state index >= 15 is 0 Å². The molecule has 1 aromatic rings. The Bertz CT molecular complexity index is 437. The molecule has 3 rings (SSSR count). The van der Waals surface area contributed by atoms with Gasteiger partial charge in [-0.15, -0.1) is 0 Å². The first-order chi connectivity index (χ1) is 8.74. The van der Waals surface area contributed by atoms with Crippen molar-refractivity contribution in [3.05, 3.63) is 11.7 Å². The van der Waals surface area contributed by atoms with Crippen LogP contribution in [0.15, 0.2) is 4.52 Å². The van der Waals surface area contributed by atoms with Crippen molar-refractivity contribution in [2.75, 3.05) is 13.2 Å². The first-order valence-electron chi connectivity index (χ1n) is 6.67. The summed E-state index contributed by atoms with van der Waals surface area (Å²) in [7, 11) is 0. The number of nitrogens with zero attached hydrogens (tertiary/aromatic N) is 2. The van der Waals surface area contributed by atoms with Crippen LogP contribution in [-0.4, -0.2) is 29.1 Å². The molecule has 2 fully saturated rings. The number of aromatic nitrogens is 2. The van der Waals surface area contributed by atoms with Crippen LogP contribution in [0.3, 0.4) is 0 Å². The lowest BCUT2D eigenvalue weighted by Gasteiger charge is -2.24. The first kappa shape index (κ1) is 11.8. The van der Waals surface area contributed by atoms with Gasteiger partial charge in [-0.05, 0) is 18.8 Å². The van der Waals surface area contributed by atoms with E-state index in [4.69, 9.17) is 9.26 Å². The monoisotopic (exact) mass is 250 g/mol. The molecule has 18 heavy (non-hydrogen) atoms. The SMILES string of the molecule is C[C@@H]1CC(=O)CC[C@@H]1c1nc([C@@H]2CCOC2)no1. The second-order valence-electron chi connectivity index (χ2n) is 5.42. The zero-order valence-corrected chi connectivity index (χ0v) is 10.6. The summed E-state index contributed by atoms with van der Waals surface area (Å²) < 4.78 is 10.7. The van der Waals surface area contributed by atoms with Gasteiger partial charge in [-0.2, -0.15) is 4.98 Å². The minimum atomic E-state index is 0.242. The largest absolute Gasteiger partial charge is 0.381 e. The van der Waals surface area contributed by atoms with Crippen LogP contribution in [-0.2, 0) is 9.53 Å². The molecular weight excluding hydrogens is 232 g/mol. The molecule has 0 amide bonds. The van der Waals surface area contributed by atoms with Gasteiger partial charge < -0.3 is 9.26 Å². The Kier molecular flexibility index (Phi) is 3.16. The topological polar surface area (TPSA) is 65.2 Å². The fraction of sp³-hybridized carbons (Fsp3) is 0.769. The number of carbonyl (C=O) groups is 1.